The summed E-state index contributed by atoms with van der Waals surface area (Å²) in [6.45, 7) is -0.223. The summed E-state index contributed by atoms with van der Waals surface area (Å²) >= 11 is 3.33. The Morgan fingerprint density at radius 2 is 2.00 bits per heavy atom. The third-order valence-corrected chi connectivity index (χ3v) is 2.83. The van der Waals surface area contributed by atoms with Gasteiger partial charge in [0.2, 0.25) is 0 Å². The molecule has 0 fully saturated rings. The lowest BCUT2D eigenvalue weighted by Gasteiger charge is -2.09. The first-order valence-electron chi connectivity index (χ1n) is 4.91. The molecule has 0 atom stereocenters. The zero-order valence-electron chi connectivity index (χ0n) is 8.67. The van der Waals surface area contributed by atoms with E-state index < -0.39 is 6.36 Å². The van der Waals surface area contributed by atoms with Crippen molar-refractivity contribution in [2.45, 2.75) is 12.9 Å². The smallest absolute Gasteiger partial charge is 0.345 e. The van der Waals surface area contributed by atoms with Crippen LogP contribution in [0.3, 0.4) is 0 Å². The Bertz CT molecular complexity index is 521. The normalized spacial score (nSPS) is 12.2. The van der Waals surface area contributed by atoms with Gasteiger partial charge < -0.3 is 4.57 Å². The van der Waals surface area contributed by atoms with Gasteiger partial charge in [-0.1, -0.05) is 22.0 Å². The van der Waals surface area contributed by atoms with Crippen molar-refractivity contribution in [1.29, 1.82) is 0 Å². The molecule has 0 unspecified atom stereocenters. The van der Waals surface area contributed by atoms with Gasteiger partial charge in [0.05, 0.1) is 6.61 Å². The van der Waals surface area contributed by atoms with Gasteiger partial charge in [-0.25, -0.2) is 0 Å². The van der Waals surface area contributed by atoms with E-state index in [1.807, 2.05) is 24.3 Å². The van der Waals surface area contributed by atoms with Crippen molar-refractivity contribution in [1.82, 2.24) is 4.57 Å². The van der Waals surface area contributed by atoms with E-state index in [1.54, 1.807) is 10.8 Å². The Kier molecular flexibility index (Phi) is 3.44. The van der Waals surface area contributed by atoms with Gasteiger partial charge in [-0.3, -0.25) is 4.74 Å². The summed E-state index contributed by atoms with van der Waals surface area (Å²) in [5.74, 6) is 0. The van der Waals surface area contributed by atoms with E-state index in [4.69, 9.17) is 0 Å². The highest BCUT2D eigenvalue weighted by atomic mass is 79.9. The van der Waals surface area contributed by atoms with E-state index in [9.17, 15) is 13.2 Å². The third kappa shape index (κ3) is 3.23. The fourth-order valence-corrected chi connectivity index (χ4v) is 1.96. The monoisotopic (exact) mass is 307 g/mol. The maximum atomic E-state index is 11.8. The van der Waals surface area contributed by atoms with Gasteiger partial charge in [0, 0.05) is 22.7 Å². The van der Waals surface area contributed by atoms with Crippen LogP contribution in [0.5, 0.6) is 0 Å². The minimum atomic E-state index is -4.57. The highest BCUT2D eigenvalue weighted by Gasteiger charge is 2.28. The Labute approximate surface area is 104 Å². The summed E-state index contributed by atoms with van der Waals surface area (Å²) in [5, 5.41) is 0.986. The van der Waals surface area contributed by atoms with E-state index in [-0.39, 0.29) is 13.2 Å². The molecule has 2 rings (SSSR count). The maximum Gasteiger partial charge on any atom is 0.522 e. The zero-order chi connectivity index (χ0) is 12.5. The fraction of sp³-hybridized carbons (Fsp3) is 0.273. The van der Waals surface area contributed by atoms with Crippen molar-refractivity contribution in [2.75, 3.05) is 6.61 Å². The molecule has 0 aliphatic rings. The lowest BCUT2D eigenvalue weighted by Crippen LogP contribution is -2.17. The predicted octanol–water partition coefficient (Wildman–Crippen LogP) is 3.94. The highest BCUT2D eigenvalue weighted by Crippen LogP contribution is 2.21. The van der Waals surface area contributed by atoms with Gasteiger partial charge in [-0.05, 0) is 23.6 Å². The second kappa shape index (κ2) is 4.70. The predicted molar refractivity (Wildman–Crippen MR) is 61.6 cm³/mol. The maximum absolute atomic E-state index is 11.8. The number of aromatic nitrogens is 1. The molecule has 2 aromatic rings. The largest absolute Gasteiger partial charge is 0.522 e. The molecule has 0 amide bonds. The Hall–Kier alpha value is -1.01. The van der Waals surface area contributed by atoms with Crippen molar-refractivity contribution in [2.24, 2.45) is 0 Å². The molecule has 92 valence electrons. The molecule has 2 nitrogen and oxygen atoms in total. The van der Waals surface area contributed by atoms with Gasteiger partial charge in [0.1, 0.15) is 0 Å². The highest BCUT2D eigenvalue weighted by molar-refractivity contribution is 9.10. The van der Waals surface area contributed by atoms with Crippen LogP contribution in [0, 0.1) is 0 Å². The molecular weight excluding hydrogens is 299 g/mol. The van der Waals surface area contributed by atoms with Crippen LogP contribution < -0.4 is 0 Å². The van der Waals surface area contributed by atoms with Gasteiger partial charge in [0.15, 0.2) is 0 Å². The van der Waals surface area contributed by atoms with E-state index in [2.05, 4.69) is 20.7 Å². The molecule has 0 aliphatic carbocycles. The number of benzene rings is 1. The number of rotatable bonds is 3. The number of fused-ring (bicyclic) bond motifs is 1. The lowest BCUT2D eigenvalue weighted by molar-refractivity contribution is -0.325. The van der Waals surface area contributed by atoms with Crippen LogP contribution in [0.4, 0.5) is 13.2 Å². The SMILES string of the molecule is FC(F)(F)OCCn1ccc2ccc(Br)cc21. The number of hydrogen-bond donors (Lipinski definition) is 0. The summed E-state index contributed by atoms with van der Waals surface area (Å²) in [4.78, 5) is 0. The number of halogens is 4. The molecule has 0 aliphatic heterocycles. The van der Waals surface area contributed by atoms with E-state index in [0.29, 0.717) is 0 Å². The number of hydrogen-bond acceptors (Lipinski definition) is 1. The Balaban J connectivity index is 2.11. The molecule has 6 heteroatoms. The van der Waals surface area contributed by atoms with Crippen LogP contribution in [0.1, 0.15) is 0 Å². The first-order chi connectivity index (χ1) is 7.96. The first kappa shape index (κ1) is 12.4. The van der Waals surface area contributed by atoms with Crippen LogP contribution >= 0.6 is 15.9 Å². The molecule has 0 saturated heterocycles. The van der Waals surface area contributed by atoms with Crippen LogP contribution in [-0.2, 0) is 11.3 Å². The second-order valence-corrected chi connectivity index (χ2v) is 4.42. The number of ether oxygens (including phenoxy) is 1. The van der Waals surface area contributed by atoms with Crippen LogP contribution in [0.2, 0.25) is 0 Å². The summed E-state index contributed by atoms with van der Waals surface area (Å²) in [6, 6.07) is 7.51. The topological polar surface area (TPSA) is 14.2 Å². The van der Waals surface area contributed by atoms with Crippen LogP contribution in [0.25, 0.3) is 10.9 Å². The molecule has 17 heavy (non-hydrogen) atoms. The molecular formula is C11H9BrF3NO. The average Bonchev–Trinajstić information content (AvgIpc) is 2.59. The molecule has 0 bridgehead atoms. The van der Waals surface area contributed by atoms with Crippen molar-refractivity contribution in [3.63, 3.8) is 0 Å². The zero-order valence-corrected chi connectivity index (χ0v) is 10.3. The molecule has 0 saturated carbocycles. The summed E-state index contributed by atoms with van der Waals surface area (Å²) in [5.41, 5.74) is 0.880. The van der Waals surface area contributed by atoms with Gasteiger partial charge >= 0.3 is 6.36 Å². The molecule has 1 aromatic carbocycles. The second-order valence-electron chi connectivity index (χ2n) is 3.51. The molecule has 0 spiro atoms. The van der Waals surface area contributed by atoms with Gasteiger partial charge in [0.25, 0.3) is 0 Å². The molecule has 1 heterocycles. The molecule has 1 aromatic heterocycles. The van der Waals surface area contributed by atoms with Crippen molar-refractivity contribution in [3.05, 3.63) is 34.9 Å². The van der Waals surface area contributed by atoms with Gasteiger partial charge in [-0.15, -0.1) is 13.2 Å². The minimum Gasteiger partial charge on any atom is -0.345 e. The van der Waals surface area contributed by atoms with Crippen molar-refractivity contribution < 1.29 is 17.9 Å². The third-order valence-electron chi connectivity index (χ3n) is 2.33. The summed E-state index contributed by atoms with van der Waals surface area (Å²) < 4.78 is 41.8. The average molecular weight is 308 g/mol. The van der Waals surface area contributed by atoms with Crippen LogP contribution in [-0.4, -0.2) is 17.5 Å². The van der Waals surface area contributed by atoms with Gasteiger partial charge in [-0.2, -0.15) is 0 Å². The lowest BCUT2D eigenvalue weighted by atomic mass is 10.2. The van der Waals surface area contributed by atoms with E-state index >= 15 is 0 Å². The fourth-order valence-electron chi connectivity index (χ4n) is 1.61. The van der Waals surface area contributed by atoms with Crippen molar-refractivity contribution >= 4 is 26.8 Å². The number of alkyl halides is 3. The van der Waals surface area contributed by atoms with Crippen LogP contribution in [0.15, 0.2) is 34.9 Å². The summed E-state index contributed by atoms with van der Waals surface area (Å²) in [7, 11) is 0. The Morgan fingerprint density at radius 3 is 2.71 bits per heavy atom. The Morgan fingerprint density at radius 1 is 1.24 bits per heavy atom. The standard InChI is InChI=1S/C11H9BrF3NO/c12-9-2-1-8-3-4-16(10(8)7-9)5-6-17-11(13,14)15/h1-4,7H,5-6H2. The van der Waals surface area contributed by atoms with E-state index in [0.717, 1.165) is 15.4 Å². The quantitative estimate of drug-likeness (QED) is 0.838. The molecule has 0 N–H and O–H groups in total. The molecule has 0 radical (unpaired) electrons. The number of nitrogens with zero attached hydrogens (tertiary/aromatic N) is 1. The van der Waals surface area contributed by atoms with E-state index in [1.165, 1.54) is 0 Å². The summed E-state index contributed by atoms with van der Waals surface area (Å²) in [6.07, 6.45) is -2.82. The van der Waals surface area contributed by atoms with Crippen molar-refractivity contribution in [3.8, 4) is 0 Å². The minimum absolute atomic E-state index is 0.166. The first-order valence-corrected chi connectivity index (χ1v) is 5.70.